The van der Waals surface area contributed by atoms with Crippen molar-refractivity contribution in [1.82, 2.24) is 10.3 Å². The normalized spacial score (nSPS) is 12.5. The maximum atomic E-state index is 13.2. The molecule has 0 saturated carbocycles. The zero-order valence-corrected chi connectivity index (χ0v) is 14.5. The number of hydrogen-bond acceptors (Lipinski definition) is 3. The number of para-hydroxylation sites is 1. The number of benzene rings is 2. The fraction of sp³-hybridized carbons (Fsp3) is 0.150. The maximum Gasteiger partial charge on any atom is 0.416 e. The number of rotatable bonds is 5. The number of nitrogens with two attached hydrogens (primary N) is 1. The second-order valence-corrected chi connectivity index (χ2v) is 6.17. The van der Waals surface area contributed by atoms with E-state index >= 15 is 0 Å². The molecule has 0 unspecified atom stereocenters. The molecule has 28 heavy (non-hydrogen) atoms. The summed E-state index contributed by atoms with van der Waals surface area (Å²) in [5.74, 6) is -1.57. The van der Waals surface area contributed by atoms with Crippen LogP contribution < -0.4 is 11.1 Å². The van der Waals surface area contributed by atoms with Gasteiger partial charge in [0.2, 0.25) is 5.91 Å². The van der Waals surface area contributed by atoms with E-state index in [-0.39, 0.29) is 17.5 Å². The molecule has 1 atom stereocenters. The number of nitrogens with zero attached hydrogens (tertiary/aromatic N) is 1. The third kappa shape index (κ3) is 4.11. The van der Waals surface area contributed by atoms with Gasteiger partial charge >= 0.3 is 6.18 Å². The van der Waals surface area contributed by atoms with Crippen molar-refractivity contribution in [2.75, 3.05) is 0 Å². The minimum Gasteiger partial charge on any atom is -0.368 e. The van der Waals surface area contributed by atoms with Crippen molar-refractivity contribution in [2.24, 2.45) is 5.73 Å². The fourth-order valence-electron chi connectivity index (χ4n) is 2.94. The van der Waals surface area contributed by atoms with Gasteiger partial charge in [0, 0.05) is 18.0 Å². The third-order valence-electron chi connectivity index (χ3n) is 4.27. The topological polar surface area (TPSA) is 85.1 Å². The first-order valence-electron chi connectivity index (χ1n) is 8.36. The Bertz CT molecular complexity index is 1030. The highest BCUT2D eigenvalue weighted by atomic mass is 19.4. The van der Waals surface area contributed by atoms with Gasteiger partial charge in [0.25, 0.3) is 5.91 Å². The van der Waals surface area contributed by atoms with E-state index < -0.39 is 29.6 Å². The molecule has 0 aliphatic rings. The van der Waals surface area contributed by atoms with Gasteiger partial charge in [-0.25, -0.2) is 0 Å². The van der Waals surface area contributed by atoms with Gasteiger partial charge in [0.05, 0.1) is 16.6 Å². The number of carbonyl (C=O) groups is 2. The van der Waals surface area contributed by atoms with Crippen molar-refractivity contribution in [3.63, 3.8) is 0 Å². The molecule has 0 radical (unpaired) electrons. The van der Waals surface area contributed by atoms with E-state index in [1.807, 2.05) is 0 Å². The Morgan fingerprint density at radius 3 is 2.46 bits per heavy atom. The minimum absolute atomic E-state index is 0.129. The van der Waals surface area contributed by atoms with Gasteiger partial charge in [-0.2, -0.15) is 13.2 Å². The molecule has 3 rings (SSSR count). The van der Waals surface area contributed by atoms with Crippen LogP contribution in [0.15, 0.2) is 60.8 Å². The number of aromatic nitrogens is 1. The molecule has 3 N–H and O–H groups in total. The molecule has 2 amide bonds. The number of carbonyl (C=O) groups excluding carboxylic acids is 2. The van der Waals surface area contributed by atoms with Crippen LogP contribution in [0.4, 0.5) is 13.2 Å². The lowest BCUT2D eigenvalue weighted by atomic mass is 9.99. The second kappa shape index (κ2) is 7.67. The van der Waals surface area contributed by atoms with Crippen LogP contribution in [0.5, 0.6) is 0 Å². The smallest absolute Gasteiger partial charge is 0.368 e. The van der Waals surface area contributed by atoms with Crippen molar-refractivity contribution in [2.45, 2.75) is 18.6 Å². The standard InChI is InChI=1S/C20H16F3N3O2/c21-20(22,23)15-9-2-1-5-13(15)11-16(18(24)27)26-19(28)14-8-3-6-12-7-4-10-25-17(12)14/h1-10,16H,11H2,(H2,24,27)(H,26,28)/t16-/m1/s1. The molecule has 3 aromatic rings. The average Bonchev–Trinajstić information content (AvgIpc) is 2.66. The largest absolute Gasteiger partial charge is 0.416 e. The van der Waals surface area contributed by atoms with E-state index in [0.717, 1.165) is 6.07 Å². The summed E-state index contributed by atoms with van der Waals surface area (Å²) in [5, 5.41) is 3.15. The first-order chi connectivity index (χ1) is 13.3. The molecule has 1 heterocycles. The quantitative estimate of drug-likeness (QED) is 0.706. The molecule has 5 nitrogen and oxygen atoms in total. The lowest BCUT2D eigenvalue weighted by Gasteiger charge is -2.19. The molecule has 0 bridgehead atoms. The van der Waals surface area contributed by atoms with Gasteiger partial charge in [-0.05, 0) is 23.8 Å². The van der Waals surface area contributed by atoms with E-state index in [2.05, 4.69) is 10.3 Å². The van der Waals surface area contributed by atoms with Crippen LogP contribution in [0.2, 0.25) is 0 Å². The first-order valence-corrected chi connectivity index (χ1v) is 8.36. The first kappa shape index (κ1) is 19.3. The Labute approximate surface area is 158 Å². The van der Waals surface area contributed by atoms with Crippen LogP contribution in [0.25, 0.3) is 10.9 Å². The molecule has 0 aliphatic heterocycles. The Hall–Kier alpha value is -3.42. The van der Waals surface area contributed by atoms with Gasteiger partial charge in [0.15, 0.2) is 0 Å². The highest BCUT2D eigenvalue weighted by Gasteiger charge is 2.34. The molecule has 1 aromatic heterocycles. The summed E-state index contributed by atoms with van der Waals surface area (Å²) < 4.78 is 39.6. The Morgan fingerprint density at radius 1 is 1.04 bits per heavy atom. The number of nitrogens with one attached hydrogen (secondary N) is 1. The van der Waals surface area contributed by atoms with Crippen molar-refractivity contribution in [3.8, 4) is 0 Å². The van der Waals surface area contributed by atoms with E-state index in [1.165, 1.54) is 30.5 Å². The van der Waals surface area contributed by atoms with Crippen LogP contribution in [0.1, 0.15) is 21.5 Å². The molecule has 0 fully saturated rings. The number of primary amides is 1. The van der Waals surface area contributed by atoms with Crippen molar-refractivity contribution in [3.05, 3.63) is 77.5 Å². The van der Waals surface area contributed by atoms with Crippen molar-refractivity contribution in [1.29, 1.82) is 0 Å². The molecule has 144 valence electrons. The number of amides is 2. The van der Waals surface area contributed by atoms with Crippen molar-refractivity contribution < 1.29 is 22.8 Å². The Morgan fingerprint density at radius 2 is 1.75 bits per heavy atom. The minimum atomic E-state index is -4.58. The third-order valence-corrected chi connectivity index (χ3v) is 4.27. The lowest BCUT2D eigenvalue weighted by molar-refractivity contribution is -0.138. The van der Waals surface area contributed by atoms with Gasteiger partial charge in [-0.1, -0.05) is 36.4 Å². The zero-order valence-electron chi connectivity index (χ0n) is 14.5. The summed E-state index contributed by atoms with van der Waals surface area (Å²) in [6.45, 7) is 0. The average molecular weight is 387 g/mol. The summed E-state index contributed by atoms with van der Waals surface area (Å²) >= 11 is 0. The van der Waals surface area contributed by atoms with Gasteiger partial charge < -0.3 is 11.1 Å². The summed E-state index contributed by atoms with van der Waals surface area (Å²) in [6, 6.07) is 12.0. The van der Waals surface area contributed by atoms with Gasteiger partial charge in [0.1, 0.15) is 6.04 Å². The fourth-order valence-corrected chi connectivity index (χ4v) is 2.94. The summed E-state index contributed by atoms with van der Waals surface area (Å²) in [5.41, 5.74) is 4.95. The van der Waals surface area contributed by atoms with Crippen LogP contribution >= 0.6 is 0 Å². The van der Waals surface area contributed by atoms with Crippen LogP contribution in [-0.4, -0.2) is 22.8 Å². The highest BCUT2D eigenvalue weighted by Crippen LogP contribution is 2.32. The number of pyridine rings is 1. The molecule has 0 saturated heterocycles. The predicted molar refractivity (Wildman–Crippen MR) is 97.3 cm³/mol. The van der Waals surface area contributed by atoms with Crippen molar-refractivity contribution >= 4 is 22.7 Å². The van der Waals surface area contributed by atoms with Gasteiger partial charge in [-0.15, -0.1) is 0 Å². The van der Waals surface area contributed by atoms with Crippen LogP contribution in [-0.2, 0) is 17.4 Å². The molecule has 2 aromatic carbocycles. The molecule has 0 spiro atoms. The van der Waals surface area contributed by atoms with E-state index in [4.69, 9.17) is 5.73 Å². The Balaban J connectivity index is 1.89. The number of halogens is 3. The van der Waals surface area contributed by atoms with E-state index in [9.17, 15) is 22.8 Å². The molecular formula is C20H16F3N3O2. The lowest BCUT2D eigenvalue weighted by Crippen LogP contribution is -2.46. The summed E-state index contributed by atoms with van der Waals surface area (Å²) in [4.78, 5) is 28.6. The summed E-state index contributed by atoms with van der Waals surface area (Å²) in [7, 11) is 0. The Kier molecular flexibility index (Phi) is 5.30. The highest BCUT2D eigenvalue weighted by molar-refractivity contribution is 6.06. The van der Waals surface area contributed by atoms with E-state index in [1.54, 1.807) is 24.3 Å². The number of hydrogen-bond donors (Lipinski definition) is 2. The maximum absolute atomic E-state index is 13.2. The summed E-state index contributed by atoms with van der Waals surface area (Å²) in [6.07, 6.45) is -3.44. The van der Waals surface area contributed by atoms with Crippen LogP contribution in [0, 0.1) is 0 Å². The molecule has 0 aliphatic carbocycles. The zero-order chi connectivity index (χ0) is 20.3. The number of alkyl halides is 3. The van der Waals surface area contributed by atoms with Crippen LogP contribution in [0.3, 0.4) is 0 Å². The molecular weight excluding hydrogens is 371 g/mol. The molecule has 8 heteroatoms. The van der Waals surface area contributed by atoms with Gasteiger partial charge in [-0.3, -0.25) is 14.6 Å². The number of fused-ring (bicyclic) bond motifs is 1. The van der Waals surface area contributed by atoms with E-state index in [0.29, 0.717) is 10.9 Å². The second-order valence-electron chi connectivity index (χ2n) is 6.17. The SMILES string of the molecule is NC(=O)[C@@H](Cc1ccccc1C(F)(F)F)NC(=O)c1cccc2cccnc12. The predicted octanol–water partition coefficient (Wildman–Crippen LogP) is 3.08. The monoisotopic (exact) mass is 387 g/mol.